The normalized spacial score (nSPS) is 12.2. The van der Waals surface area contributed by atoms with Crippen molar-refractivity contribution in [3.8, 4) is 11.1 Å². The Morgan fingerprint density at radius 2 is 0.847 bits per heavy atom. The highest BCUT2D eigenvalue weighted by molar-refractivity contribution is 6.32. The fourth-order valence-electron chi connectivity index (χ4n) is 11.6. The summed E-state index contributed by atoms with van der Waals surface area (Å²) in [5.74, 6) is 0. The Labute approximate surface area is 411 Å². The number of rotatable bonds is 7. The van der Waals surface area contributed by atoms with Gasteiger partial charge in [0.25, 0.3) is 0 Å². The fraction of sp³-hybridized carbons (Fsp3) is 0. The van der Waals surface area contributed by atoms with E-state index in [-0.39, 0.29) is 0 Å². The van der Waals surface area contributed by atoms with Gasteiger partial charge in [0.1, 0.15) is 27.9 Å². The van der Waals surface area contributed by atoms with Gasteiger partial charge >= 0.3 is 0 Å². The monoisotopic (exact) mass is 921 g/mol. The summed E-state index contributed by atoms with van der Waals surface area (Å²) in [7, 11) is 0. The van der Waals surface area contributed by atoms with Gasteiger partial charge in [-0.15, -0.1) is 0 Å². The first-order valence-electron chi connectivity index (χ1n) is 24.4. The van der Waals surface area contributed by atoms with E-state index in [9.17, 15) is 0 Å². The summed E-state index contributed by atoms with van der Waals surface area (Å²) in [5, 5.41) is 12.3. The van der Waals surface area contributed by atoms with E-state index >= 15 is 0 Å². The third-order valence-electron chi connectivity index (χ3n) is 14.8. The van der Waals surface area contributed by atoms with Crippen LogP contribution in [-0.4, -0.2) is 4.40 Å². The maximum absolute atomic E-state index is 7.14. The summed E-state index contributed by atoms with van der Waals surface area (Å²) in [6.45, 7) is 0. The zero-order valence-corrected chi connectivity index (χ0v) is 38.6. The molecule has 0 bridgehead atoms. The van der Waals surface area contributed by atoms with Crippen molar-refractivity contribution >= 4 is 138 Å². The van der Waals surface area contributed by atoms with E-state index < -0.39 is 0 Å². The van der Waals surface area contributed by atoms with Gasteiger partial charge in [-0.1, -0.05) is 121 Å². The lowest BCUT2D eigenvalue weighted by Crippen LogP contribution is -2.10. The van der Waals surface area contributed by atoms with E-state index in [0.717, 1.165) is 138 Å². The minimum atomic E-state index is 0.818. The molecule has 336 valence electrons. The number of aromatic nitrogens is 1. The van der Waals surface area contributed by atoms with Crippen LogP contribution < -0.4 is 9.80 Å². The van der Waals surface area contributed by atoms with Crippen molar-refractivity contribution in [1.29, 1.82) is 0 Å². The highest BCUT2D eigenvalue weighted by Crippen LogP contribution is 2.51. The van der Waals surface area contributed by atoms with E-state index in [4.69, 9.17) is 13.3 Å². The molecule has 72 heavy (non-hydrogen) atoms. The number of anilines is 6. The number of nitrogens with zero attached hydrogens (tertiary/aromatic N) is 3. The Morgan fingerprint density at radius 3 is 1.54 bits per heavy atom. The number of hydrogen-bond acceptors (Lipinski definition) is 5. The van der Waals surface area contributed by atoms with Crippen LogP contribution in [0, 0.1) is 0 Å². The molecule has 16 aromatic rings. The van der Waals surface area contributed by atoms with Crippen LogP contribution in [0.15, 0.2) is 250 Å². The maximum Gasteiger partial charge on any atom is 0.213 e. The third-order valence-corrected chi connectivity index (χ3v) is 14.8. The van der Waals surface area contributed by atoms with Crippen molar-refractivity contribution in [2.45, 2.75) is 0 Å². The minimum Gasteiger partial charge on any atom is -0.456 e. The van der Waals surface area contributed by atoms with Crippen LogP contribution in [0.5, 0.6) is 0 Å². The zero-order chi connectivity index (χ0) is 47.0. The van der Waals surface area contributed by atoms with Gasteiger partial charge in [-0.2, -0.15) is 0 Å². The minimum absolute atomic E-state index is 0.818. The van der Waals surface area contributed by atoms with Gasteiger partial charge in [-0.05, 0) is 125 Å². The van der Waals surface area contributed by atoms with E-state index in [0.29, 0.717) is 0 Å². The molecule has 0 radical (unpaired) electrons. The number of fused-ring (bicyclic) bond motifs is 15. The molecule has 5 aromatic heterocycles. The van der Waals surface area contributed by atoms with Gasteiger partial charge in [-0.3, -0.25) is 4.40 Å². The Morgan fingerprint density at radius 1 is 0.292 bits per heavy atom. The lowest BCUT2D eigenvalue weighted by Gasteiger charge is -2.26. The molecule has 0 atom stereocenters. The predicted molar refractivity (Wildman–Crippen MR) is 298 cm³/mol. The second-order valence-electron chi connectivity index (χ2n) is 18.9. The lowest BCUT2D eigenvalue weighted by molar-refractivity contribution is 0.652. The summed E-state index contributed by atoms with van der Waals surface area (Å²) < 4.78 is 22.5. The van der Waals surface area contributed by atoms with E-state index in [2.05, 4.69) is 227 Å². The van der Waals surface area contributed by atoms with Gasteiger partial charge in [-0.25, -0.2) is 0 Å². The van der Waals surface area contributed by atoms with Crippen molar-refractivity contribution in [2.24, 2.45) is 0 Å². The van der Waals surface area contributed by atoms with Crippen molar-refractivity contribution in [3.63, 3.8) is 0 Å². The summed E-state index contributed by atoms with van der Waals surface area (Å²) in [4.78, 5) is 4.69. The Balaban J connectivity index is 0.957. The van der Waals surface area contributed by atoms with E-state index in [1.54, 1.807) is 0 Å². The molecule has 5 heterocycles. The van der Waals surface area contributed by atoms with Gasteiger partial charge in [0.15, 0.2) is 0 Å². The molecule has 0 saturated carbocycles. The van der Waals surface area contributed by atoms with Crippen molar-refractivity contribution in [3.05, 3.63) is 237 Å². The summed E-state index contributed by atoms with van der Waals surface area (Å²) in [6.07, 6.45) is 0. The molecule has 0 aliphatic heterocycles. The quantitative estimate of drug-likeness (QED) is 0.159. The largest absolute Gasteiger partial charge is 0.456 e. The van der Waals surface area contributed by atoms with Gasteiger partial charge in [0.05, 0.1) is 22.1 Å². The van der Waals surface area contributed by atoms with Crippen LogP contribution in [-0.2, 0) is 0 Å². The van der Waals surface area contributed by atoms with Crippen molar-refractivity contribution in [2.75, 3.05) is 9.80 Å². The van der Waals surface area contributed by atoms with Crippen LogP contribution in [0.4, 0.5) is 34.1 Å². The molecule has 0 unspecified atom stereocenters. The molecule has 0 spiro atoms. The third kappa shape index (κ3) is 5.66. The van der Waals surface area contributed by atoms with E-state index in [1.807, 2.05) is 24.3 Å². The summed E-state index contributed by atoms with van der Waals surface area (Å²) >= 11 is 0. The molecule has 0 aliphatic carbocycles. The SMILES string of the molecule is c1ccc(-c2ccc3oc4c(c3c2)c2c(N(c3ccccc3)c3ccc5c(c3)oc3ccccc35)ccc3c5cc6ccc(N(c7ccccc7)c7ccc8c(c7)oc7ccccc78)cc6cc5n4c32)cc1. The molecule has 0 amide bonds. The van der Waals surface area contributed by atoms with Gasteiger partial charge in [0, 0.05) is 83.7 Å². The van der Waals surface area contributed by atoms with Crippen molar-refractivity contribution < 1.29 is 13.3 Å². The number of benzene rings is 11. The van der Waals surface area contributed by atoms with Gasteiger partial charge in [0.2, 0.25) is 5.71 Å². The molecular formula is C66H39N3O3. The summed E-state index contributed by atoms with van der Waals surface area (Å²) in [6, 6.07) is 84.2. The number of furan rings is 3. The Bertz CT molecular complexity index is 4810. The molecule has 11 aromatic carbocycles. The predicted octanol–water partition coefficient (Wildman–Crippen LogP) is 19.1. The topological polar surface area (TPSA) is 50.3 Å². The first-order chi connectivity index (χ1) is 35.7. The second kappa shape index (κ2) is 14.9. The number of hydrogen-bond donors (Lipinski definition) is 0. The molecule has 0 fully saturated rings. The van der Waals surface area contributed by atoms with Crippen LogP contribution in [0.2, 0.25) is 0 Å². The Hall–Kier alpha value is -9.78. The molecule has 16 rings (SSSR count). The van der Waals surface area contributed by atoms with Gasteiger partial charge < -0.3 is 23.1 Å². The maximum atomic E-state index is 7.14. The standard InChI is InChI=1S/C66H39N3O3/c1-4-14-40(15-5-1)41-25-33-60-55(36-41)63-64-56(68(45-18-8-3-9-19-45)48-28-30-52-50-21-11-13-23-59(50)71-62(52)39-48)32-31-53-54-35-42-24-26-46(34-43(42)37-57(54)69(65(53)64)66(63)72-60)67(44-16-6-2-7-17-44)47-27-29-51-49-20-10-12-22-58(49)70-61(51)38-47/h1-39H. The van der Waals surface area contributed by atoms with Crippen molar-refractivity contribution in [1.82, 2.24) is 4.40 Å². The molecular weight excluding hydrogens is 883 g/mol. The highest BCUT2D eigenvalue weighted by Gasteiger charge is 2.29. The van der Waals surface area contributed by atoms with E-state index in [1.165, 1.54) is 10.8 Å². The highest BCUT2D eigenvalue weighted by atomic mass is 16.3. The van der Waals surface area contributed by atoms with Crippen LogP contribution >= 0.6 is 0 Å². The lowest BCUT2D eigenvalue weighted by atomic mass is 10.00. The molecule has 6 nitrogen and oxygen atoms in total. The second-order valence-corrected chi connectivity index (χ2v) is 18.9. The fourth-order valence-corrected chi connectivity index (χ4v) is 11.6. The average Bonchev–Trinajstić information content (AvgIpc) is 4.25. The first-order valence-corrected chi connectivity index (χ1v) is 24.4. The Kier molecular flexibility index (Phi) is 8.07. The van der Waals surface area contributed by atoms with Crippen LogP contribution in [0.3, 0.4) is 0 Å². The smallest absolute Gasteiger partial charge is 0.213 e. The molecule has 0 aliphatic rings. The average molecular weight is 922 g/mol. The van der Waals surface area contributed by atoms with Crippen LogP contribution in [0.25, 0.3) is 115 Å². The molecule has 0 saturated heterocycles. The van der Waals surface area contributed by atoms with Crippen LogP contribution in [0.1, 0.15) is 0 Å². The molecule has 6 heteroatoms. The molecule has 0 N–H and O–H groups in total. The first kappa shape index (κ1) is 39.1. The zero-order valence-electron chi connectivity index (χ0n) is 38.6. The number of para-hydroxylation sites is 4. The summed E-state index contributed by atoms with van der Waals surface area (Å²) in [5.41, 5.74) is 15.8.